The number of pyridine rings is 2. The van der Waals surface area contributed by atoms with E-state index in [-0.39, 0.29) is 0 Å². The van der Waals surface area contributed by atoms with Crippen LogP contribution in [0.1, 0.15) is 0 Å². The van der Waals surface area contributed by atoms with E-state index in [0.717, 1.165) is 34.0 Å². The lowest BCUT2D eigenvalue weighted by Crippen LogP contribution is -1.99. The van der Waals surface area contributed by atoms with Gasteiger partial charge in [0.05, 0.1) is 5.69 Å². The molecule has 5 aromatic rings. The van der Waals surface area contributed by atoms with Crippen molar-refractivity contribution in [3.63, 3.8) is 0 Å². The first-order chi connectivity index (χ1) is 15.8. The van der Waals surface area contributed by atoms with Gasteiger partial charge in [-0.25, -0.2) is 9.97 Å². The Balaban J connectivity index is 1.43. The topological polar surface area (TPSA) is 72.8 Å². The summed E-state index contributed by atoms with van der Waals surface area (Å²) >= 11 is 0. The molecule has 0 unspecified atom stereocenters. The Bertz CT molecular complexity index is 1240. The molecular weight excluding hydrogens is 398 g/mol. The number of hydrogen-bond donors (Lipinski definition) is 1. The van der Waals surface area contributed by atoms with Crippen molar-refractivity contribution >= 4 is 11.5 Å². The van der Waals surface area contributed by atoms with E-state index < -0.39 is 0 Å². The fourth-order valence-electron chi connectivity index (χ4n) is 3.18. The standard InChI is InChI=1S/C26H19N5O/c1-2-6-22(7-3-1)32-23-10-8-21(9-11-23)29-25-17-24(19-12-15-27-16-13-19)30-26(31-25)20-5-4-14-28-18-20/h1-18H,(H,29,30,31). The number of para-hydroxylation sites is 1. The third-order valence-corrected chi connectivity index (χ3v) is 4.73. The van der Waals surface area contributed by atoms with Crippen LogP contribution in [0, 0.1) is 0 Å². The molecule has 6 heteroatoms. The van der Waals surface area contributed by atoms with E-state index in [2.05, 4.69) is 15.3 Å². The molecule has 0 fully saturated rings. The molecule has 1 N–H and O–H groups in total. The second-order valence-electron chi connectivity index (χ2n) is 7.00. The van der Waals surface area contributed by atoms with Crippen LogP contribution < -0.4 is 10.1 Å². The lowest BCUT2D eigenvalue weighted by Gasteiger charge is -2.11. The third kappa shape index (κ3) is 4.60. The van der Waals surface area contributed by atoms with Crippen LogP contribution in [0.15, 0.2) is 110 Å². The van der Waals surface area contributed by atoms with E-state index in [1.54, 1.807) is 24.8 Å². The molecule has 0 atom stereocenters. The lowest BCUT2D eigenvalue weighted by molar-refractivity contribution is 0.483. The molecule has 6 nitrogen and oxygen atoms in total. The van der Waals surface area contributed by atoms with E-state index >= 15 is 0 Å². The van der Waals surface area contributed by atoms with Gasteiger partial charge in [-0.2, -0.15) is 0 Å². The minimum absolute atomic E-state index is 0.596. The van der Waals surface area contributed by atoms with Crippen LogP contribution in [0.4, 0.5) is 11.5 Å². The number of aromatic nitrogens is 4. The van der Waals surface area contributed by atoms with Crippen molar-refractivity contribution in [1.29, 1.82) is 0 Å². The number of nitrogens with zero attached hydrogens (tertiary/aromatic N) is 4. The minimum atomic E-state index is 0.596. The van der Waals surface area contributed by atoms with Crippen LogP contribution in [0.2, 0.25) is 0 Å². The average molecular weight is 417 g/mol. The number of anilines is 2. The first kappa shape index (κ1) is 19.4. The van der Waals surface area contributed by atoms with Crippen molar-refractivity contribution in [3.8, 4) is 34.1 Å². The van der Waals surface area contributed by atoms with Gasteiger partial charge in [0.2, 0.25) is 0 Å². The summed E-state index contributed by atoms with van der Waals surface area (Å²) in [5.74, 6) is 2.84. The molecule has 0 saturated carbocycles. The van der Waals surface area contributed by atoms with Crippen molar-refractivity contribution in [1.82, 2.24) is 19.9 Å². The van der Waals surface area contributed by atoms with Gasteiger partial charge in [0.25, 0.3) is 0 Å². The van der Waals surface area contributed by atoms with Gasteiger partial charge < -0.3 is 10.1 Å². The van der Waals surface area contributed by atoms with Gasteiger partial charge in [-0.05, 0) is 60.7 Å². The molecule has 0 amide bonds. The SMILES string of the molecule is c1ccc(Oc2ccc(Nc3cc(-c4ccncc4)nc(-c4cccnc4)n3)cc2)cc1. The first-order valence-electron chi connectivity index (χ1n) is 10.1. The molecule has 154 valence electrons. The number of ether oxygens (including phenoxy) is 1. The highest BCUT2D eigenvalue weighted by Crippen LogP contribution is 2.27. The Morgan fingerprint density at radius 3 is 2.16 bits per heavy atom. The predicted octanol–water partition coefficient (Wildman–Crippen LogP) is 6.14. The Morgan fingerprint density at radius 1 is 0.625 bits per heavy atom. The van der Waals surface area contributed by atoms with Gasteiger partial charge in [-0.1, -0.05) is 18.2 Å². The van der Waals surface area contributed by atoms with Crippen molar-refractivity contribution in [2.24, 2.45) is 0 Å². The second-order valence-corrected chi connectivity index (χ2v) is 7.00. The summed E-state index contributed by atoms with van der Waals surface area (Å²) in [4.78, 5) is 17.7. The largest absolute Gasteiger partial charge is 0.457 e. The molecule has 0 aliphatic carbocycles. The summed E-state index contributed by atoms with van der Waals surface area (Å²) in [5, 5.41) is 3.37. The zero-order valence-corrected chi connectivity index (χ0v) is 17.1. The van der Waals surface area contributed by atoms with Gasteiger partial charge >= 0.3 is 0 Å². The fraction of sp³-hybridized carbons (Fsp3) is 0. The monoisotopic (exact) mass is 417 g/mol. The van der Waals surface area contributed by atoms with Gasteiger partial charge in [0.1, 0.15) is 17.3 Å². The van der Waals surface area contributed by atoms with Crippen LogP contribution in [-0.2, 0) is 0 Å². The minimum Gasteiger partial charge on any atom is -0.457 e. The lowest BCUT2D eigenvalue weighted by atomic mass is 10.1. The molecule has 0 bridgehead atoms. The van der Waals surface area contributed by atoms with E-state index in [9.17, 15) is 0 Å². The van der Waals surface area contributed by atoms with Crippen molar-refractivity contribution < 1.29 is 4.74 Å². The second kappa shape index (κ2) is 9.06. The molecule has 0 aliphatic rings. The molecule has 0 saturated heterocycles. The van der Waals surface area contributed by atoms with E-state index in [1.165, 1.54) is 0 Å². The van der Waals surface area contributed by atoms with Crippen molar-refractivity contribution in [2.45, 2.75) is 0 Å². The van der Waals surface area contributed by atoms with E-state index in [4.69, 9.17) is 14.7 Å². The predicted molar refractivity (Wildman–Crippen MR) is 125 cm³/mol. The van der Waals surface area contributed by atoms with Gasteiger partial charge in [-0.15, -0.1) is 0 Å². The molecule has 5 rings (SSSR count). The van der Waals surface area contributed by atoms with Crippen molar-refractivity contribution in [3.05, 3.63) is 110 Å². The number of rotatable bonds is 6. The fourth-order valence-corrected chi connectivity index (χ4v) is 3.18. The third-order valence-electron chi connectivity index (χ3n) is 4.73. The average Bonchev–Trinajstić information content (AvgIpc) is 2.87. The number of benzene rings is 2. The molecule has 0 aliphatic heterocycles. The van der Waals surface area contributed by atoms with E-state index in [1.807, 2.05) is 84.9 Å². The summed E-state index contributed by atoms with van der Waals surface area (Å²) in [5.41, 5.74) is 3.50. The molecule has 2 aromatic carbocycles. The highest BCUT2D eigenvalue weighted by Gasteiger charge is 2.09. The normalized spacial score (nSPS) is 10.5. The summed E-state index contributed by atoms with van der Waals surface area (Å²) in [6.07, 6.45) is 6.99. The summed E-state index contributed by atoms with van der Waals surface area (Å²) in [6, 6.07) is 27.0. The molecule has 32 heavy (non-hydrogen) atoms. The maximum Gasteiger partial charge on any atom is 0.163 e. The Labute approximate surface area is 185 Å². The maximum atomic E-state index is 5.87. The van der Waals surface area contributed by atoms with Crippen LogP contribution in [0.25, 0.3) is 22.6 Å². The summed E-state index contributed by atoms with van der Waals surface area (Å²) in [6.45, 7) is 0. The molecule has 3 aromatic heterocycles. The van der Waals surface area contributed by atoms with Crippen LogP contribution in [0.5, 0.6) is 11.5 Å². The summed E-state index contributed by atoms with van der Waals surface area (Å²) < 4.78 is 5.87. The quantitative estimate of drug-likeness (QED) is 0.358. The zero-order valence-electron chi connectivity index (χ0n) is 17.1. The van der Waals surface area contributed by atoms with Gasteiger partial charge in [-0.3, -0.25) is 9.97 Å². The Morgan fingerprint density at radius 2 is 1.41 bits per heavy atom. The molecule has 3 heterocycles. The van der Waals surface area contributed by atoms with Gasteiger partial charge in [0, 0.05) is 47.7 Å². The Hall–Kier alpha value is -4.58. The highest BCUT2D eigenvalue weighted by molar-refractivity contribution is 5.69. The van der Waals surface area contributed by atoms with E-state index in [0.29, 0.717) is 11.6 Å². The first-order valence-corrected chi connectivity index (χ1v) is 10.1. The molecule has 0 radical (unpaired) electrons. The molecular formula is C26H19N5O. The number of nitrogens with one attached hydrogen (secondary N) is 1. The maximum absolute atomic E-state index is 5.87. The molecule has 0 spiro atoms. The van der Waals surface area contributed by atoms with Crippen LogP contribution in [-0.4, -0.2) is 19.9 Å². The Kier molecular flexibility index (Phi) is 5.49. The zero-order chi connectivity index (χ0) is 21.6. The van der Waals surface area contributed by atoms with Gasteiger partial charge in [0.15, 0.2) is 5.82 Å². The van der Waals surface area contributed by atoms with Crippen molar-refractivity contribution in [2.75, 3.05) is 5.32 Å². The summed E-state index contributed by atoms with van der Waals surface area (Å²) in [7, 11) is 0. The number of hydrogen-bond acceptors (Lipinski definition) is 6. The highest BCUT2D eigenvalue weighted by atomic mass is 16.5. The van der Waals surface area contributed by atoms with Crippen LogP contribution in [0.3, 0.4) is 0 Å². The smallest absolute Gasteiger partial charge is 0.163 e. The van der Waals surface area contributed by atoms with Crippen LogP contribution >= 0.6 is 0 Å².